The summed E-state index contributed by atoms with van der Waals surface area (Å²) < 4.78 is 0.195. The maximum absolute atomic E-state index is 12.7. The third-order valence-electron chi connectivity index (χ3n) is 3.51. The van der Waals surface area contributed by atoms with Gasteiger partial charge in [0.05, 0.1) is 26.0 Å². The molecule has 0 saturated carbocycles. The predicted molar refractivity (Wildman–Crippen MR) is 102 cm³/mol. The number of non-ortho nitro benzene ring substituents is 1. The van der Waals surface area contributed by atoms with E-state index < -0.39 is 15.8 Å². The van der Waals surface area contributed by atoms with E-state index in [-0.39, 0.29) is 31.9 Å². The molecule has 1 amide bonds. The second-order valence-corrected chi connectivity index (χ2v) is 6.79. The molecule has 0 bridgehead atoms. The van der Waals surface area contributed by atoms with Crippen molar-refractivity contribution in [1.29, 1.82) is 0 Å². The van der Waals surface area contributed by atoms with Gasteiger partial charge < -0.3 is 0 Å². The SMILES string of the molecule is O=C1/C(=C/c2ccccc2[N+](=O)[O-])SC(=S)N1c1cccc([N+](=O)[O-])c1. The van der Waals surface area contributed by atoms with Crippen LogP contribution in [0.25, 0.3) is 6.08 Å². The van der Waals surface area contributed by atoms with Crippen LogP contribution in [0.2, 0.25) is 0 Å². The number of benzene rings is 2. The van der Waals surface area contributed by atoms with Gasteiger partial charge in [0, 0.05) is 18.2 Å². The number of nitro benzene ring substituents is 2. The minimum atomic E-state index is -0.565. The standard InChI is InChI=1S/C16H9N3O5S2/c20-15-14(8-10-4-1-2-7-13(10)19(23)24)26-16(25)17(15)11-5-3-6-12(9-11)18(21)22/h1-9H/b14-8-. The minimum Gasteiger partial charge on any atom is -0.268 e. The van der Waals surface area contributed by atoms with Crippen LogP contribution in [0.1, 0.15) is 5.56 Å². The molecular weight excluding hydrogens is 378 g/mol. The minimum absolute atomic E-state index is 0.131. The van der Waals surface area contributed by atoms with Crippen molar-refractivity contribution in [1.82, 2.24) is 0 Å². The normalized spacial score (nSPS) is 15.5. The van der Waals surface area contributed by atoms with E-state index in [0.29, 0.717) is 0 Å². The summed E-state index contributed by atoms with van der Waals surface area (Å²) in [6.45, 7) is 0. The van der Waals surface area contributed by atoms with Crippen molar-refractivity contribution < 1.29 is 14.6 Å². The highest BCUT2D eigenvalue weighted by atomic mass is 32.2. The number of thiocarbonyl (C=S) groups is 1. The van der Waals surface area contributed by atoms with Gasteiger partial charge in [0.2, 0.25) is 0 Å². The zero-order valence-electron chi connectivity index (χ0n) is 12.9. The summed E-state index contributed by atoms with van der Waals surface area (Å²) in [6.07, 6.45) is 1.40. The molecule has 130 valence electrons. The van der Waals surface area contributed by atoms with Gasteiger partial charge in [0.1, 0.15) is 0 Å². The Kier molecular flexibility index (Phi) is 4.78. The number of carbonyl (C=O) groups excluding carboxylic acids is 1. The van der Waals surface area contributed by atoms with Crippen LogP contribution >= 0.6 is 24.0 Å². The Morgan fingerprint density at radius 1 is 1.04 bits per heavy atom. The molecule has 1 aliphatic heterocycles. The summed E-state index contributed by atoms with van der Waals surface area (Å²) >= 11 is 6.19. The van der Waals surface area contributed by atoms with E-state index in [9.17, 15) is 25.0 Å². The van der Waals surface area contributed by atoms with Crippen molar-refractivity contribution in [3.05, 3.63) is 79.2 Å². The van der Waals surface area contributed by atoms with Gasteiger partial charge in [-0.05, 0) is 18.2 Å². The predicted octanol–water partition coefficient (Wildman–Crippen LogP) is 3.91. The van der Waals surface area contributed by atoms with Crippen molar-refractivity contribution in [3.8, 4) is 0 Å². The molecule has 8 nitrogen and oxygen atoms in total. The molecule has 10 heteroatoms. The van der Waals surface area contributed by atoms with E-state index in [1.54, 1.807) is 6.07 Å². The molecule has 1 heterocycles. The number of anilines is 1. The molecule has 0 unspecified atom stereocenters. The largest absolute Gasteiger partial charge is 0.276 e. The number of thioether (sulfide) groups is 1. The van der Waals surface area contributed by atoms with Gasteiger partial charge in [0.15, 0.2) is 4.32 Å². The molecule has 0 aromatic heterocycles. The van der Waals surface area contributed by atoms with Gasteiger partial charge in [0.25, 0.3) is 17.3 Å². The van der Waals surface area contributed by atoms with Gasteiger partial charge in [-0.2, -0.15) is 0 Å². The third kappa shape index (κ3) is 3.32. The van der Waals surface area contributed by atoms with Gasteiger partial charge in [-0.1, -0.05) is 42.2 Å². The zero-order valence-corrected chi connectivity index (χ0v) is 14.5. The molecule has 0 spiro atoms. The van der Waals surface area contributed by atoms with Gasteiger partial charge in [-0.15, -0.1) is 0 Å². The fraction of sp³-hybridized carbons (Fsp3) is 0. The summed E-state index contributed by atoms with van der Waals surface area (Å²) in [5, 5.41) is 22.0. The van der Waals surface area contributed by atoms with E-state index in [4.69, 9.17) is 12.2 Å². The first-order valence-corrected chi connectivity index (χ1v) is 8.37. The molecule has 26 heavy (non-hydrogen) atoms. The van der Waals surface area contributed by atoms with Crippen molar-refractivity contribution >= 4 is 57.3 Å². The number of hydrogen-bond acceptors (Lipinski definition) is 7. The number of amides is 1. The summed E-state index contributed by atoms with van der Waals surface area (Å²) in [4.78, 5) is 35.0. The molecule has 0 aliphatic carbocycles. The second-order valence-electron chi connectivity index (χ2n) is 5.11. The topological polar surface area (TPSA) is 107 Å². The molecule has 0 N–H and O–H groups in total. The van der Waals surface area contributed by atoms with Crippen LogP contribution in [-0.2, 0) is 4.79 Å². The molecule has 1 fully saturated rings. The average Bonchev–Trinajstić information content (AvgIpc) is 2.89. The van der Waals surface area contributed by atoms with E-state index >= 15 is 0 Å². The smallest absolute Gasteiger partial charge is 0.268 e. The van der Waals surface area contributed by atoms with Gasteiger partial charge >= 0.3 is 0 Å². The number of para-hydroxylation sites is 1. The molecule has 2 aromatic carbocycles. The quantitative estimate of drug-likeness (QED) is 0.339. The van der Waals surface area contributed by atoms with E-state index in [1.807, 2.05) is 0 Å². The number of nitro groups is 2. The molecular formula is C16H9N3O5S2. The first kappa shape index (κ1) is 17.7. The lowest BCUT2D eigenvalue weighted by molar-refractivity contribution is -0.385. The molecule has 0 atom stereocenters. The lowest BCUT2D eigenvalue weighted by atomic mass is 10.1. The molecule has 1 aliphatic rings. The Bertz CT molecular complexity index is 989. The van der Waals surface area contributed by atoms with Crippen molar-refractivity contribution in [2.24, 2.45) is 0 Å². The van der Waals surface area contributed by atoms with E-state index in [0.717, 1.165) is 11.8 Å². The Labute approximate surface area is 156 Å². The highest BCUT2D eigenvalue weighted by Crippen LogP contribution is 2.37. The first-order valence-electron chi connectivity index (χ1n) is 7.14. The molecule has 1 saturated heterocycles. The Hall–Kier alpha value is -3.11. The number of carbonyl (C=O) groups is 1. The third-order valence-corrected chi connectivity index (χ3v) is 4.81. The molecule has 0 radical (unpaired) electrons. The Morgan fingerprint density at radius 3 is 2.46 bits per heavy atom. The molecule has 2 aromatic rings. The zero-order chi connectivity index (χ0) is 18.8. The van der Waals surface area contributed by atoms with Crippen molar-refractivity contribution in [2.75, 3.05) is 4.90 Å². The van der Waals surface area contributed by atoms with E-state index in [1.165, 1.54) is 53.4 Å². The number of rotatable bonds is 4. The lowest BCUT2D eigenvalue weighted by Crippen LogP contribution is -2.27. The van der Waals surface area contributed by atoms with Gasteiger partial charge in [-0.3, -0.25) is 29.9 Å². The Balaban J connectivity index is 1.99. The second kappa shape index (κ2) is 7.02. The Morgan fingerprint density at radius 2 is 1.77 bits per heavy atom. The van der Waals surface area contributed by atoms with Crippen LogP contribution in [0, 0.1) is 20.2 Å². The number of nitrogens with zero attached hydrogens (tertiary/aromatic N) is 3. The average molecular weight is 387 g/mol. The maximum Gasteiger partial charge on any atom is 0.276 e. The first-order chi connectivity index (χ1) is 12.4. The summed E-state index contributed by atoms with van der Waals surface area (Å²) in [6, 6.07) is 11.6. The highest BCUT2D eigenvalue weighted by molar-refractivity contribution is 8.27. The number of hydrogen-bond donors (Lipinski definition) is 0. The van der Waals surface area contributed by atoms with Crippen LogP contribution in [0.15, 0.2) is 53.4 Å². The summed E-state index contributed by atoms with van der Waals surface area (Å²) in [5.74, 6) is -0.487. The van der Waals surface area contributed by atoms with Crippen LogP contribution in [0.4, 0.5) is 17.1 Å². The summed E-state index contributed by atoms with van der Waals surface area (Å²) in [5.41, 5.74) is 0.247. The van der Waals surface area contributed by atoms with E-state index in [2.05, 4.69) is 0 Å². The van der Waals surface area contributed by atoms with Crippen LogP contribution in [0.3, 0.4) is 0 Å². The lowest BCUT2D eigenvalue weighted by Gasteiger charge is -2.13. The maximum atomic E-state index is 12.7. The van der Waals surface area contributed by atoms with Crippen LogP contribution in [0.5, 0.6) is 0 Å². The van der Waals surface area contributed by atoms with Crippen LogP contribution < -0.4 is 4.90 Å². The fourth-order valence-corrected chi connectivity index (χ4v) is 3.64. The molecule has 3 rings (SSSR count). The van der Waals surface area contributed by atoms with Crippen LogP contribution in [-0.4, -0.2) is 20.1 Å². The monoisotopic (exact) mass is 387 g/mol. The van der Waals surface area contributed by atoms with Gasteiger partial charge in [-0.25, -0.2) is 0 Å². The van der Waals surface area contributed by atoms with Crippen molar-refractivity contribution in [3.63, 3.8) is 0 Å². The fourth-order valence-electron chi connectivity index (χ4n) is 2.35. The van der Waals surface area contributed by atoms with Crippen molar-refractivity contribution in [2.45, 2.75) is 0 Å². The highest BCUT2D eigenvalue weighted by Gasteiger charge is 2.34. The summed E-state index contributed by atoms with van der Waals surface area (Å²) in [7, 11) is 0.